The van der Waals surface area contributed by atoms with Crippen molar-refractivity contribution in [3.63, 3.8) is 0 Å². The van der Waals surface area contributed by atoms with Gasteiger partial charge >= 0.3 is 0 Å². The lowest BCUT2D eigenvalue weighted by molar-refractivity contribution is -0.247. The molecule has 1 rings (SSSR count). The summed E-state index contributed by atoms with van der Waals surface area (Å²) >= 11 is 0. The first kappa shape index (κ1) is 17.6. The zero-order valence-electron chi connectivity index (χ0n) is 13.1. The Hall–Kier alpha value is -2.47. The van der Waals surface area contributed by atoms with Crippen molar-refractivity contribution < 1.29 is 9.90 Å². The van der Waals surface area contributed by atoms with Gasteiger partial charge in [0.15, 0.2) is 0 Å². The van der Waals surface area contributed by atoms with Gasteiger partial charge in [0.05, 0.1) is 0 Å². The summed E-state index contributed by atoms with van der Waals surface area (Å²) in [6, 6.07) is 2.89. The molecule has 0 aromatic carbocycles. The van der Waals surface area contributed by atoms with Crippen molar-refractivity contribution in [3.8, 4) is 0 Å². The van der Waals surface area contributed by atoms with Crippen LogP contribution in [0, 0.1) is 5.53 Å². The molecule has 1 aromatic rings. The van der Waals surface area contributed by atoms with Crippen LogP contribution >= 0.6 is 0 Å². The van der Waals surface area contributed by atoms with Crippen LogP contribution in [0.2, 0.25) is 0 Å². The normalized spacial score (nSPS) is 10.9. The average Bonchev–Trinajstić information content (AvgIpc) is 2.38. The smallest absolute Gasteiger partial charge is 0.252 e. The molecule has 0 fully saturated rings. The Kier molecular flexibility index (Phi) is 6.00. The van der Waals surface area contributed by atoms with E-state index in [-0.39, 0.29) is 5.56 Å². The Morgan fingerprint density at radius 3 is 2.64 bits per heavy atom. The van der Waals surface area contributed by atoms with Gasteiger partial charge in [-0.2, -0.15) is 0 Å². The molecule has 0 bridgehead atoms. The van der Waals surface area contributed by atoms with E-state index in [1.54, 1.807) is 33.0 Å². The van der Waals surface area contributed by atoms with E-state index in [4.69, 9.17) is 5.53 Å². The summed E-state index contributed by atoms with van der Waals surface area (Å²) in [4.78, 5) is 27.3. The maximum absolute atomic E-state index is 12.1. The number of carbonyl (C=O) groups is 1. The number of amides is 1. The monoisotopic (exact) mass is 307 g/mol. The number of hydrogen-bond acceptors (Lipinski definition) is 5. The SMILES string of the molecule is CC(C)(C)N(C(=O)[O-])c1ccn(CCCCN=[N+]=N)c(=O)c1. The average molecular weight is 307 g/mol. The number of pyridine rings is 1. The predicted molar refractivity (Wildman–Crippen MR) is 79.7 cm³/mol. The molecule has 1 aromatic heterocycles. The second kappa shape index (κ2) is 7.51. The molecule has 0 saturated heterocycles. The van der Waals surface area contributed by atoms with Gasteiger partial charge in [-0.05, 0) is 39.7 Å². The summed E-state index contributed by atoms with van der Waals surface area (Å²) < 4.78 is 1.51. The molecule has 1 heterocycles. The van der Waals surface area contributed by atoms with Crippen molar-refractivity contribution in [1.82, 2.24) is 9.48 Å². The minimum absolute atomic E-state index is 0.268. The highest BCUT2D eigenvalue weighted by Gasteiger charge is 2.23. The van der Waals surface area contributed by atoms with E-state index >= 15 is 0 Å². The van der Waals surface area contributed by atoms with Crippen LogP contribution in [0.3, 0.4) is 0 Å². The van der Waals surface area contributed by atoms with E-state index < -0.39 is 11.6 Å². The van der Waals surface area contributed by atoms with Crippen molar-refractivity contribution in [2.75, 3.05) is 11.4 Å². The van der Waals surface area contributed by atoms with E-state index in [1.165, 1.54) is 10.6 Å². The summed E-state index contributed by atoms with van der Waals surface area (Å²) in [5.41, 5.74) is 5.87. The van der Waals surface area contributed by atoms with Gasteiger partial charge in [0, 0.05) is 30.0 Å². The second-order valence-electron chi connectivity index (χ2n) is 5.86. The molecular weight excluding hydrogens is 286 g/mol. The largest absolute Gasteiger partial charge is 0.530 e. The molecule has 0 aliphatic carbocycles. The van der Waals surface area contributed by atoms with Crippen LogP contribution in [-0.2, 0) is 6.54 Å². The van der Waals surface area contributed by atoms with E-state index in [9.17, 15) is 14.7 Å². The van der Waals surface area contributed by atoms with Gasteiger partial charge in [0.1, 0.15) is 23.3 Å². The Bertz CT molecular complexity index is 626. The number of anilines is 1. The van der Waals surface area contributed by atoms with Crippen molar-refractivity contribution in [2.45, 2.75) is 45.7 Å². The molecule has 22 heavy (non-hydrogen) atoms. The molecule has 1 amide bonds. The van der Waals surface area contributed by atoms with Gasteiger partial charge < -0.3 is 19.4 Å². The van der Waals surface area contributed by atoms with Gasteiger partial charge in [0.2, 0.25) is 4.91 Å². The minimum atomic E-state index is -1.34. The second-order valence-corrected chi connectivity index (χ2v) is 5.86. The summed E-state index contributed by atoms with van der Waals surface area (Å²) in [5.74, 6) is 0. The number of unbranched alkanes of at least 4 members (excludes halogenated alkanes) is 1. The molecule has 0 aliphatic heterocycles. The van der Waals surface area contributed by atoms with Crippen LogP contribution in [0.15, 0.2) is 28.2 Å². The third-order valence-electron chi connectivity index (χ3n) is 3.07. The first-order valence-electron chi connectivity index (χ1n) is 7.02. The topological polar surface area (TPSA) is 116 Å². The third-order valence-corrected chi connectivity index (χ3v) is 3.07. The molecule has 8 nitrogen and oxygen atoms in total. The van der Waals surface area contributed by atoms with Crippen LogP contribution in [0.5, 0.6) is 0 Å². The van der Waals surface area contributed by atoms with Gasteiger partial charge in [-0.3, -0.25) is 4.79 Å². The Morgan fingerprint density at radius 1 is 1.45 bits per heavy atom. The molecule has 120 valence electrons. The summed E-state index contributed by atoms with van der Waals surface area (Å²) in [5, 5.41) is 14.8. The Morgan fingerprint density at radius 2 is 2.14 bits per heavy atom. The number of nitrogens with zero attached hydrogens (tertiary/aromatic N) is 4. The standard InChI is InChI=1S/C14H21N5O3/c1-14(2,3)19(13(21)22)11-6-9-18(12(20)10-11)8-5-4-7-16-17-15/h6,9-10,15H,4-5,7-8H2,1-3H3. The first-order chi connectivity index (χ1) is 10.3. The zero-order valence-corrected chi connectivity index (χ0v) is 13.1. The van der Waals surface area contributed by atoms with E-state index in [0.717, 1.165) is 17.7 Å². The molecule has 0 atom stereocenters. The fourth-order valence-corrected chi connectivity index (χ4v) is 2.10. The number of hydrogen-bond donors (Lipinski definition) is 1. The molecule has 0 spiro atoms. The number of carboxylic acid groups (broad SMARTS) is 1. The Balaban J connectivity index is 2.87. The highest BCUT2D eigenvalue weighted by molar-refractivity contribution is 5.85. The van der Waals surface area contributed by atoms with Gasteiger partial charge in [-0.25, -0.2) is 0 Å². The lowest BCUT2D eigenvalue weighted by atomic mass is 10.1. The number of nitrogens with one attached hydrogen (secondary N) is 1. The zero-order chi connectivity index (χ0) is 16.8. The highest BCUT2D eigenvalue weighted by Crippen LogP contribution is 2.21. The number of aryl methyl sites for hydroxylation is 1. The molecule has 8 heteroatoms. The molecule has 0 saturated carbocycles. The van der Waals surface area contributed by atoms with Crippen molar-refractivity contribution in [2.24, 2.45) is 5.11 Å². The molecule has 0 aliphatic rings. The predicted octanol–water partition coefficient (Wildman–Crippen LogP) is 1.13. The van der Waals surface area contributed by atoms with Crippen LogP contribution in [-0.4, -0.2) is 22.7 Å². The summed E-state index contributed by atoms with van der Waals surface area (Å²) in [6.07, 6.45) is 1.68. The number of rotatable bonds is 6. The van der Waals surface area contributed by atoms with E-state index in [0.29, 0.717) is 18.8 Å². The van der Waals surface area contributed by atoms with E-state index in [2.05, 4.69) is 10.0 Å². The van der Waals surface area contributed by atoms with E-state index in [1.807, 2.05) is 0 Å². The van der Waals surface area contributed by atoms with Crippen molar-refractivity contribution in [1.29, 1.82) is 5.53 Å². The maximum Gasteiger partial charge on any atom is 0.252 e. The lowest BCUT2D eigenvalue weighted by Crippen LogP contribution is -2.52. The fraction of sp³-hybridized carbons (Fsp3) is 0.571. The summed E-state index contributed by atoms with van der Waals surface area (Å²) in [6.45, 7) is 6.16. The van der Waals surface area contributed by atoms with Gasteiger partial charge in [-0.15, -0.1) is 0 Å². The van der Waals surface area contributed by atoms with Crippen LogP contribution < -0.4 is 20.5 Å². The highest BCUT2D eigenvalue weighted by atomic mass is 16.4. The maximum atomic E-state index is 12.1. The first-order valence-corrected chi connectivity index (χ1v) is 7.02. The van der Waals surface area contributed by atoms with Crippen molar-refractivity contribution in [3.05, 3.63) is 28.7 Å². The molecule has 0 radical (unpaired) electrons. The molecule has 0 unspecified atom stereocenters. The van der Waals surface area contributed by atoms with Gasteiger partial charge in [0.25, 0.3) is 5.56 Å². The minimum Gasteiger partial charge on any atom is -0.530 e. The molecule has 1 N–H and O–H groups in total. The number of carbonyl (C=O) groups excluding carboxylic acids is 1. The lowest BCUT2D eigenvalue weighted by Gasteiger charge is -2.37. The quantitative estimate of drug-likeness (QED) is 0.482. The third kappa shape index (κ3) is 4.82. The van der Waals surface area contributed by atoms with Crippen molar-refractivity contribution >= 4 is 11.8 Å². The number of aromatic nitrogens is 1. The van der Waals surface area contributed by atoms with Crippen LogP contribution in [0.4, 0.5) is 10.5 Å². The van der Waals surface area contributed by atoms with Crippen LogP contribution in [0.1, 0.15) is 33.6 Å². The summed E-state index contributed by atoms with van der Waals surface area (Å²) in [7, 11) is 0. The fourth-order valence-electron chi connectivity index (χ4n) is 2.10. The molecular formula is C14H21N5O3. The Labute approximate surface area is 128 Å². The van der Waals surface area contributed by atoms with Crippen LogP contribution in [0.25, 0.3) is 0 Å². The van der Waals surface area contributed by atoms with Gasteiger partial charge in [-0.1, -0.05) is 0 Å².